The van der Waals surface area contributed by atoms with Crippen molar-refractivity contribution < 1.29 is 14.6 Å². The molecule has 1 fully saturated rings. The molecule has 0 bridgehead atoms. The Hall–Kier alpha value is -1.75. The number of para-hydroxylation sites is 1. The highest BCUT2D eigenvalue weighted by atomic mass is 16.5. The zero-order valence-corrected chi connectivity index (χ0v) is 9.69. The number of hydrogen-bond donors (Lipinski definition) is 3. The van der Waals surface area contributed by atoms with Gasteiger partial charge in [-0.1, -0.05) is 6.07 Å². The molecule has 5 heteroatoms. The number of methoxy groups -OCH3 is 1. The van der Waals surface area contributed by atoms with Gasteiger partial charge in [-0.15, -0.1) is 0 Å². The van der Waals surface area contributed by atoms with E-state index in [1.807, 2.05) is 0 Å². The van der Waals surface area contributed by atoms with Crippen molar-refractivity contribution in [2.45, 2.75) is 12.5 Å². The van der Waals surface area contributed by atoms with Gasteiger partial charge in [0.05, 0.1) is 12.7 Å². The van der Waals surface area contributed by atoms with Crippen LogP contribution >= 0.6 is 0 Å². The number of ether oxygens (including phenoxy) is 1. The van der Waals surface area contributed by atoms with E-state index in [2.05, 4.69) is 10.6 Å². The number of carbonyl (C=O) groups is 1. The van der Waals surface area contributed by atoms with Gasteiger partial charge in [0, 0.05) is 12.6 Å². The molecule has 1 saturated heterocycles. The largest absolute Gasteiger partial charge is 0.504 e. The number of phenols is 1. The molecule has 17 heavy (non-hydrogen) atoms. The van der Waals surface area contributed by atoms with E-state index in [1.165, 1.54) is 7.11 Å². The minimum absolute atomic E-state index is 0.113. The van der Waals surface area contributed by atoms with Crippen LogP contribution in [0.3, 0.4) is 0 Å². The second-order valence-corrected chi connectivity index (χ2v) is 4.02. The Morgan fingerprint density at radius 3 is 3.06 bits per heavy atom. The summed E-state index contributed by atoms with van der Waals surface area (Å²) in [7, 11) is 1.46. The van der Waals surface area contributed by atoms with E-state index >= 15 is 0 Å². The quantitative estimate of drug-likeness (QED) is 0.714. The molecule has 0 saturated carbocycles. The number of aromatic hydroxyl groups is 1. The smallest absolute Gasteiger partial charge is 0.255 e. The molecule has 1 unspecified atom stereocenters. The van der Waals surface area contributed by atoms with Crippen LogP contribution in [0.4, 0.5) is 0 Å². The summed E-state index contributed by atoms with van der Waals surface area (Å²) in [6, 6.07) is 5.01. The molecule has 1 aromatic carbocycles. The Labute approximate surface area is 99.8 Å². The summed E-state index contributed by atoms with van der Waals surface area (Å²) < 4.78 is 4.96. The van der Waals surface area contributed by atoms with Gasteiger partial charge in [0.2, 0.25) is 0 Å². The maximum absolute atomic E-state index is 11.9. The predicted octanol–water partition coefficient (Wildman–Crippen LogP) is 0.492. The molecule has 0 aromatic heterocycles. The lowest BCUT2D eigenvalue weighted by Gasteiger charge is -2.13. The standard InChI is InChI=1S/C12H16N2O3/c1-17-10-4-2-3-9(11(10)15)12(16)14-8-5-6-13-7-8/h2-4,8,13,15H,5-7H2,1H3,(H,14,16). The fourth-order valence-corrected chi connectivity index (χ4v) is 1.91. The molecule has 2 rings (SSSR count). The van der Waals surface area contributed by atoms with E-state index in [4.69, 9.17) is 4.74 Å². The van der Waals surface area contributed by atoms with E-state index in [0.29, 0.717) is 5.75 Å². The highest BCUT2D eigenvalue weighted by Crippen LogP contribution is 2.29. The van der Waals surface area contributed by atoms with Crippen molar-refractivity contribution in [3.05, 3.63) is 23.8 Å². The van der Waals surface area contributed by atoms with Gasteiger partial charge >= 0.3 is 0 Å². The van der Waals surface area contributed by atoms with Crippen molar-refractivity contribution in [1.82, 2.24) is 10.6 Å². The average molecular weight is 236 g/mol. The molecular weight excluding hydrogens is 220 g/mol. The molecule has 1 aliphatic rings. The number of benzene rings is 1. The molecule has 1 aliphatic heterocycles. The van der Waals surface area contributed by atoms with Crippen LogP contribution in [0.2, 0.25) is 0 Å². The lowest BCUT2D eigenvalue weighted by molar-refractivity contribution is 0.0937. The lowest BCUT2D eigenvalue weighted by atomic mass is 10.1. The van der Waals surface area contributed by atoms with Gasteiger partial charge < -0.3 is 20.5 Å². The Bertz CT molecular complexity index is 414. The third-order valence-corrected chi connectivity index (χ3v) is 2.86. The third-order valence-electron chi connectivity index (χ3n) is 2.86. The number of hydrogen-bond acceptors (Lipinski definition) is 4. The first kappa shape index (κ1) is 11.7. The molecule has 1 atom stereocenters. The molecule has 5 nitrogen and oxygen atoms in total. The molecule has 1 heterocycles. The van der Waals surface area contributed by atoms with E-state index < -0.39 is 0 Å². The van der Waals surface area contributed by atoms with Crippen LogP contribution in [0.25, 0.3) is 0 Å². The number of amides is 1. The highest BCUT2D eigenvalue weighted by molar-refractivity contribution is 5.97. The Kier molecular flexibility index (Phi) is 3.49. The Morgan fingerprint density at radius 2 is 2.41 bits per heavy atom. The third kappa shape index (κ3) is 2.50. The Balaban J connectivity index is 2.12. The van der Waals surface area contributed by atoms with Gasteiger partial charge in [-0.05, 0) is 25.1 Å². The Morgan fingerprint density at radius 1 is 1.59 bits per heavy atom. The monoisotopic (exact) mass is 236 g/mol. The number of rotatable bonds is 3. The van der Waals surface area contributed by atoms with Crippen LogP contribution in [0, 0.1) is 0 Å². The first-order valence-corrected chi connectivity index (χ1v) is 5.60. The van der Waals surface area contributed by atoms with Crippen molar-refractivity contribution in [3.8, 4) is 11.5 Å². The second-order valence-electron chi connectivity index (χ2n) is 4.02. The number of carbonyl (C=O) groups excluding carboxylic acids is 1. The van der Waals surface area contributed by atoms with Gasteiger partial charge in [0.15, 0.2) is 11.5 Å². The maximum atomic E-state index is 11.9. The topological polar surface area (TPSA) is 70.6 Å². The van der Waals surface area contributed by atoms with Crippen molar-refractivity contribution in [2.75, 3.05) is 20.2 Å². The van der Waals surface area contributed by atoms with Gasteiger partial charge in [-0.25, -0.2) is 0 Å². The van der Waals surface area contributed by atoms with Gasteiger partial charge in [0.1, 0.15) is 0 Å². The first-order valence-electron chi connectivity index (χ1n) is 5.60. The zero-order chi connectivity index (χ0) is 12.3. The average Bonchev–Trinajstić information content (AvgIpc) is 2.82. The minimum Gasteiger partial charge on any atom is -0.504 e. The summed E-state index contributed by atoms with van der Waals surface area (Å²) in [5, 5.41) is 15.9. The normalized spacial score (nSPS) is 19.0. The fourth-order valence-electron chi connectivity index (χ4n) is 1.91. The van der Waals surface area contributed by atoms with Crippen molar-refractivity contribution >= 4 is 5.91 Å². The number of nitrogens with one attached hydrogen (secondary N) is 2. The summed E-state index contributed by atoms with van der Waals surface area (Å²) in [6.07, 6.45) is 0.913. The van der Waals surface area contributed by atoms with Crippen LogP contribution < -0.4 is 15.4 Å². The SMILES string of the molecule is COc1cccc(C(=O)NC2CCNC2)c1O. The van der Waals surface area contributed by atoms with E-state index in [9.17, 15) is 9.90 Å². The lowest BCUT2D eigenvalue weighted by Crippen LogP contribution is -2.36. The molecule has 1 aromatic rings. The van der Waals surface area contributed by atoms with E-state index in [-0.39, 0.29) is 23.3 Å². The van der Waals surface area contributed by atoms with Crippen LogP contribution in [0.5, 0.6) is 11.5 Å². The van der Waals surface area contributed by atoms with Gasteiger partial charge in [-0.2, -0.15) is 0 Å². The summed E-state index contributed by atoms with van der Waals surface area (Å²) in [5.74, 6) is -0.0734. The van der Waals surface area contributed by atoms with Crippen LogP contribution in [-0.2, 0) is 0 Å². The maximum Gasteiger partial charge on any atom is 0.255 e. The molecule has 0 aliphatic carbocycles. The molecule has 3 N–H and O–H groups in total. The highest BCUT2D eigenvalue weighted by Gasteiger charge is 2.20. The van der Waals surface area contributed by atoms with Crippen LogP contribution in [0.15, 0.2) is 18.2 Å². The van der Waals surface area contributed by atoms with Gasteiger partial charge in [0.25, 0.3) is 5.91 Å². The molecule has 0 spiro atoms. The fraction of sp³-hybridized carbons (Fsp3) is 0.417. The van der Waals surface area contributed by atoms with Crippen LogP contribution in [0.1, 0.15) is 16.8 Å². The molecule has 0 radical (unpaired) electrons. The number of phenolic OH excluding ortho intramolecular Hbond substituents is 1. The second kappa shape index (κ2) is 5.05. The summed E-state index contributed by atoms with van der Waals surface area (Å²) in [6.45, 7) is 1.69. The van der Waals surface area contributed by atoms with E-state index in [1.54, 1.807) is 18.2 Å². The van der Waals surface area contributed by atoms with Crippen molar-refractivity contribution in [3.63, 3.8) is 0 Å². The van der Waals surface area contributed by atoms with Crippen molar-refractivity contribution in [2.24, 2.45) is 0 Å². The first-order chi connectivity index (χ1) is 8.22. The van der Waals surface area contributed by atoms with Gasteiger partial charge in [-0.3, -0.25) is 4.79 Å². The predicted molar refractivity (Wildman–Crippen MR) is 63.4 cm³/mol. The summed E-state index contributed by atoms with van der Waals surface area (Å²) >= 11 is 0. The summed E-state index contributed by atoms with van der Waals surface area (Å²) in [5.41, 5.74) is 0.247. The van der Waals surface area contributed by atoms with Crippen LogP contribution in [-0.4, -0.2) is 37.3 Å². The minimum atomic E-state index is -0.268. The van der Waals surface area contributed by atoms with E-state index in [0.717, 1.165) is 19.5 Å². The molecule has 1 amide bonds. The molecular formula is C12H16N2O3. The summed E-state index contributed by atoms with van der Waals surface area (Å²) in [4.78, 5) is 11.9. The molecule has 92 valence electrons. The van der Waals surface area contributed by atoms with Crippen molar-refractivity contribution in [1.29, 1.82) is 0 Å². The zero-order valence-electron chi connectivity index (χ0n) is 9.69.